The van der Waals surface area contributed by atoms with Gasteiger partial charge < -0.3 is 15.8 Å². The van der Waals surface area contributed by atoms with Crippen molar-refractivity contribution >= 4 is 23.4 Å². The number of nitrogens with two attached hydrogens (primary N) is 1. The number of hydrogen-bond donors (Lipinski definition) is 2. The molecular formula is C13H20N2O2S. The van der Waals surface area contributed by atoms with Crippen molar-refractivity contribution in [2.45, 2.75) is 6.92 Å². The van der Waals surface area contributed by atoms with Crippen molar-refractivity contribution in [3.8, 4) is 5.75 Å². The third kappa shape index (κ3) is 5.31. The van der Waals surface area contributed by atoms with Gasteiger partial charge in [-0.15, -0.1) is 0 Å². The van der Waals surface area contributed by atoms with Crippen LogP contribution in [0.5, 0.6) is 5.75 Å². The number of rotatable bonds is 7. The van der Waals surface area contributed by atoms with E-state index in [1.807, 2.05) is 25.3 Å². The Labute approximate surface area is 112 Å². The fourth-order valence-electron chi connectivity index (χ4n) is 1.45. The Kier molecular flexibility index (Phi) is 6.43. The first kappa shape index (κ1) is 14.7. The lowest BCUT2D eigenvalue weighted by Gasteiger charge is -2.11. The van der Waals surface area contributed by atoms with Crippen LogP contribution in [-0.4, -0.2) is 31.1 Å². The van der Waals surface area contributed by atoms with Gasteiger partial charge in [0.1, 0.15) is 12.4 Å². The molecule has 0 aliphatic carbocycles. The van der Waals surface area contributed by atoms with Crippen LogP contribution in [0.15, 0.2) is 24.3 Å². The second-order valence-electron chi connectivity index (χ2n) is 4.07. The van der Waals surface area contributed by atoms with E-state index in [1.165, 1.54) is 0 Å². The standard InChI is InChI=1S/C13H20N2O2S/c1-10(9-18-2)13(16)15-6-7-17-12-5-3-4-11(14)8-12/h3-5,8,10H,6-7,9,14H2,1-2H3,(H,15,16). The highest BCUT2D eigenvalue weighted by atomic mass is 32.2. The third-order valence-electron chi connectivity index (χ3n) is 2.39. The van der Waals surface area contributed by atoms with E-state index in [0.717, 1.165) is 11.5 Å². The first-order valence-electron chi connectivity index (χ1n) is 5.88. The van der Waals surface area contributed by atoms with Crippen molar-refractivity contribution in [3.05, 3.63) is 24.3 Å². The number of amides is 1. The molecule has 1 aromatic rings. The van der Waals surface area contributed by atoms with Crippen molar-refractivity contribution < 1.29 is 9.53 Å². The zero-order valence-corrected chi connectivity index (χ0v) is 11.6. The van der Waals surface area contributed by atoms with Crippen LogP contribution in [0.2, 0.25) is 0 Å². The summed E-state index contributed by atoms with van der Waals surface area (Å²) in [4.78, 5) is 11.6. The predicted molar refractivity (Wildman–Crippen MR) is 76.9 cm³/mol. The summed E-state index contributed by atoms with van der Waals surface area (Å²) in [6, 6.07) is 7.25. The van der Waals surface area contributed by atoms with E-state index in [4.69, 9.17) is 10.5 Å². The van der Waals surface area contributed by atoms with Gasteiger partial charge in [-0.25, -0.2) is 0 Å². The first-order chi connectivity index (χ1) is 8.63. The lowest BCUT2D eigenvalue weighted by atomic mass is 10.2. The smallest absolute Gasteiger partial charge is 0.223 e. The maximum absolute atomic E-state index is 11.6. The lowest BCUT2D eigenvalue weighted by molar-refractivity contribution is -0.123. The lowest BCUT2D eigenvalue weighted by Crippen LogP contribution is -2.33. The molecule has 0 bridgehead atoms. The van der Waals surface area contributed by atoms with Crippen LogP contribution in [0, 0.1) is 5.92 Å². The molecule has 0 fully saturated rings. The Morgan fingerprint density at radius 1 is 1.56 bits per heavy atom. The number of thioether (sulfide) groups is 1. The number of nitrogen functional groups attached to an aromatic ring is 1. The number of nitrogens with one attached hydrogen (secondary N) is 1. The van der Waals surface area contributed by atoms with E-state index in [2.05, 4.69) is 5.32 Å². The Morgan fingerprint density at radius 3 is 3.00 bits per heavy atom. The molecule has 1 unspecified atom stereocenters. The largest absolute Gasteiger partial charge is 0.492 e. The van der Waals surface area contributed by atoms with Crippen molar-refractivity contribution in [1.29, 1.82) is 0 Å². The summed E-state index contributed by atoms with van der Waals surface area (Å²) in [6.07, 6.45) is 1.99. The number of anilines is 1. The summed E-state index contributed by atoms with van der Waals surface area (Å²) in [7, 11) is 0. The Balaban J connectivity index is 2.21. The average Bonchev–Trinajstić information content (AvgIpc) is 2.35. The molecule has 0 aliphatic heterocycles. The van der Waals surface area contributed by atoms with Gasteiger partial charge >= 0.3 is 0 Å². The highest BCUT2D eigenvalue weighted by Gasteiger charge is 2.10. The fourth-order valence-corrected chi connectivity index (χ4v) is 2.10. The van der Waals surface area contributed by atoms with Crippen LogP contribution < -0.4 is 15.8 Å². The number of hydrogen-bond acceptors (Lipinski definition) is 4. The highest BCUT2D eigenvalue weighted by Crippen LogP contribution is 2.13. The summed E-state index contributed by atoms with van der Waals surface area (Å²) >= 11 is 1.67. The van der Waals surface area contributed by atoms with Gasteiger partial charge in [0.2, 0.25) is 5.91 Å². The average molecular weight is 268 g/mol. The minimum absolute atomic E-state index is 0.0346. The molecular weight excluding hydrogens is 248 g/mol. The third-order valence-corrected chi connectivity index (χ3v) is 3.23. The van der Waals surface area contributed by atoms with E-state index >= 15 is 0 Å². The van der Waals surface area contributed by atoms with Crippen molar-refractivity contribution in [2.75, 3.05) is 30.9 Å². The van der Waals surface area contributed by atoms with E-state index in [0.29, 0.717) is 18.8 Å². The van der Waals surface area contributed by atoms with Crippen LogP contribution in [-0.2, 0) is 4.79 Å². The van der Waals surface area contributed by atoms with Gasteiger partial charge in [-0.1, -0.05) is 13.0 Å². The zero-order valence-electron chi connectivity index (χ0n) is 10.8. The number of carbonyl (C=O) groups is 1. The van der Waals surface area contributed by atoms with Crippen LogP contribution >= 0.6 is 11.8 Å². The maximum Gasteiger partial charge on any atom is 0.223 e. The molecule has 1 amide bonds. The van der Waals surface area contributed by atoms with Gasteiger partial charge in [0.15, 0.2) is 0 Å². The number of benzene rings is 1. The molecule has 0 heterocycles. The summed E-state index contributed by atoms with van der Waals surface area (Å²) in [5, 5.41) is 2.84. The summed E-state index contributed by atoms with van der Waals surface area (Å²) in [5.41, 5.74) is 6.30. The van der Waals surface area contributed by atoms with E-state index in [-0.39, 0.29) is 11.8 Å². The zero-order chi connectivity index (χ0) is 13.4. The maximum atomic E-state index is 11.6. The quantitative estimate of drug-likeness (QED) is 0.584. The van der Waals surface area contributed by atoms with Crippen molar-refractivity contribution in [3.63, 3.8) is 0 Å². The molecule has 0 aliphatic rings. The molecule has 0 saturated heterocycles. The topological polar surface area (TPSA) is 64.3 Å². The van der Waals surface area contributed by atoms with Gasteiger partial charge in [0.05, 0.1) is 6.54 Å². The molecule has 18 heavy (non-hydrogen) atoms. The van der Waals surface area contributed by atoms with E-state index in [9.17, 15) is 4.79 Å². The molecule has 1 atom stereocenters. The summed E-state index contributed by atoms with van der Waals surface area (Å²) in [6.45, 7) is 2.87. The molecule has 0 spiro atoms. The Morgan fingerprint density at radius 2 is 2.33 bits per heavy atom. The fraction of sp³-hybridized carbons (Fsp3) is 0.462. The highest BCUT2D eigenvalue weighted by molar-refractivity contribution is 7.98. The second kappa shape index (κ2) is 7.87. The molecule has 0 aromatic heterocycles. The van der Waals surface area contributed by atoms with Crippen molar-refractivity contribution in [2.24, 2.45) is 5.92 Å². The van der Waals surface area contributed by atoms with Crippen LogP contribution in [0.4, 0.5) is 5.69 Å². The molecule has 4 nitrogen and oxygen atoms in total. The minimum atomic E-state index is 0.0346. The molecule has 100 valence electrons. The van der Waals surface area contributed by atoms with Gasteiger partial charge in [0, 0.05) is 23.4 Å². The van der Waals surface area contributed by atoms with Crippen LogP contribution in [0.3, 0.4) is 0 Å². The Hall–Kier alpha value is -1.36. The van der Waals surface area contributed by atoms with Gasteiger partial charge in [0.25, 0.3) is 0 Å². The summed E-state index contributed by atoms with van der Waals surface area (Å²) in [5.74, 6) is 1.66. The monoisotopic (exact) mass is 268 g/mol. The second-order valence-corrected chi connectivity index (χ2v) is 4.98. The molecule has 0 radical (unpaired) electrons. The van der Waals surface area contributed by atoms with Crippen molar-refractivity contribution in [1.82, 2.24) is 5.32 Å². The molecule has 5 heteroatoms. The van der Waals surface area contributed by atoms with Crippen LogP contribution in [0.1, 0.15) is 6.92 Å². The molecule has 1 rings (SSSR count). The van der Waals surface area contributed by atoms with E-state index < -0.39 is 0 Å². The van der Waals surface area contributed by atoms with E-state index in [1.54, 1.807) is 23.9 Å². The molecule has 1 aromatic carbocycles. The SMILES string of the molecule is CSCC(C)C(=O)NCCOc1cccc(N)c1. The molecule has 3 N–H and O–H groups in total. The first-order valence-corrected chi connectivity index (χ1v) is 7.28. The van der Waals surface area contributed by atoms with Crippen LogP contribution in [0.25, 0.3) is 0 Å². The predicted octanol–water partition coefficient (Wildman–Crippen LogP) is 1.76. The summed E-state index contributed by atoms with van der Waals surface area (Å²) < 4.78 is 5.48. The number of carbonyl (C=O) groups excluding carboxylic acids is 1. The minimum Gasteiger partial charge on any atom is -0.492 e. The number of ether oxygens (including phenoxy) is 1. The Bertz CT molecular complexity index is 385. The van der Waals surface area contributed by atoms with Gasteiger partial charge in [-0.3, -0.25) is 4.79 Å². The van der Waals surface area contributed by atoms with Gasteiger partial charge in [-0.2, -0.15) is 11.8 Å². The molecule has 0 saturated carbocycles. The van der Waals surface area contributed by atoms with Gasteiger partial charge in [-0.05, 0) is 18.4 Å². The normalized spacial score (nSPS) is 11.9.